The van der Waals surface area contributed by atoms with Gasteiger partial charge in [0.05, 0.1) is 6.67 Å². The van der Waals surface area contributed by atoms with Crippen molar-refractivity contribution in [2.45, 2.75) is 58.9 Å². The lowest BCUT2D eigenvalue weighted by Crippen LogP contribution is -2.45. The van der Waals surface area contributed by atoms with Crippen molar-refractivity contribution in [3.63, 3.8) is 0 Å². The maximum Gasteiger partial charge on any atom is 0.340 e. The van der Waals surface area contributed by atoms with E-state index in [1.165, 1.54) is 0 Å². The van der Waals surface area contributed by atoms with E-state index >= 15 is 0 Å². The maximum absolute atomic E-state index is 12.5. The summed E-state index contributed by atoms with van der Waals surface area (Å²) in [4.78, 5) is 0. The molecule has 0 aromatic rings. The van der Waals surface area contributed by atoms with E-state index in [0.717, 1.165) is 6.04 Å². The van der Waals surface area contributed by atoms with Crippen LogP contribution in [0.2, 0.25) is 12.1 Å². The molecule has 0 rings (SSSR count). The van der Waals surface area contributed by atoms with Crippen LogP contribution in [0.3, 0.4) is 0 Å². The van der Waals surface area contributed by atoms with E-state index in [2.05, 4.69) is 0 Å². The van der Waals surface area contributed by atoms with Crippen LogP contribution in [0.4, 0.5) is 4.39 Å². The third-order valence-electron chi connectivity index (χ3n) is 1.92. The molecular formula is C10H23FO2Si. The fourth-order valence-corrected chi connectivity index (χ4v) is 4.48. The lowest BCUT2D eigenvalue weighted by atomic mass is 10.5. The van der Waals surface area contributed by atoms with Gasteiger partial charge in [0.1, 0.15) is 0 Å². The Morgan fingerprint density at radius 2 is 1.50 bits per heavy atom. The van der Waals surface area contributed by atoms with Crippen molar-refractivity contribution in [3.8, 4) is 0 Å². The van der Waals surface area contributed by atoms with Crippen LogP contribution in [0.25, 0.3) is 0 Å². The van der Waals surface area contributed by atoms with Crippen molar-refractivity contribution < 1.29 is 13.2 Å². The van der Waals surface area contributed by atoms with Crippen LogP contribution < -0.4 is 0 Å². The molecule has 0 amide bonds. The van der Waals surface area contributed by atoms with E-state index in [-0.39, 0.29) is 18.9 Å². The van der Waals surface area contributed by atoms with E-state index in [0.29, 0.717) is 6.04 Å². The van der Waals surface area contributed by atoms with Crippen LogP contribution in [0.5, 0.6) is 0 Å². The number of hydrogen-bond donors (Lipinski definition) is 0. The summed E-state index contributed by atoms with van der Waals surface area (Å²) in [7, 11) is -2.27. The minimum Gasteiger partial charge on any atom is -0.392 e. The number of rotatable bonds is 7. The molecule has 0 aliphatic carbocycles. The molecule has 0 aliphatic rings. The Balaban J connectivity index is 4.42. The summed E-state index contributed by atoms with van der Waals surface area (Å²) < 4.78 is 24.1. The minimum atomic E-state index is -2.27. The van der Waals surface area contributed by atoms with Crippen LogP contribution in [-0.2, 0) is 8.85 Å². The van der Waals surface area contributed by atoms with Crippen molar-refractivity contribution in [2.75, 3.05) is 6.67 Å². The fourth-order valence-electron chi connectivity index (χ4n) is 1.49. The molecule has 0 heterocycles. The van der Waals surface area contributed by atoms with Crippen molar-refractivity contribution in [2.24, 2.45) is 0 Å². The first-order chi connectivity index (χ1) is 6.45. The van der Waals surface area contributed by atoms with Crippen LogP contribution in [0.15, 0.2) is 0 Å². The standard InChI is InChI=1S/C10H23FO2Si/c1-6-14(8-7-11,12-9(2)3)13-10(4)5/h9-10H,6-8H2,1-5H3. The summed E-state index contributed by atoms with van der Waals surface area (Å²) >= 11 is 0. The molecule has 86 valence electrons. The predicted molar refractivity (Wildman–Crippen MR) is 59.5 cm³/mol. The molecule has 0 N–H and O–H groups in total. The highest BCUT2D eigenvalue weighted by molar-refractivity contribution is 6.67. The zero-order chi connectivity index (χ0) is 11.2. The van der Waals surface area contributed by atoms with Gasteiger partial charge in [0.2, 0.25) is 0 Å². The first-order valence-electron chi connectivity index (χ1n) is 5.37. The van der Waals surface area contributed by atoms with E-state index in [1.807, 2.05) is 34.6 Å². The van der Waals surface area contributed by atoms with Gasteiger partial charge in [0, 0.05) is 18.3 Å². The molecule has 0 radical (unpaired) electrons. The molecule has 0 saturated heterocycles. The van der Waals surface area contributed by atoms with Gasteiger partial charge in [-0.3, -0.25) is 4.39 Å². The second kappa shape index (κ2) is 6.53. The summed E-state index contributed by atoms with van der Waals surface area (Å²) in [6, 6.07) is 1.26. The van der Waals surface area contributed by atoms with Crippen molar-refractivity contribution in [1.82, 2.24) is 0 Å². The summed E-state index contributed by atoms with van der Waals surface area (Å²) in [5.41, 5.74) is 0. The Labute approximate surface area is 88.0 Å². The zero-order valence-corrected chi connectivity index (χ0v) is 11.0. The molecule has 2 nitrogen and oxygen atoms in total. The maximum atomic E-state index is 12.5. The third-order valence-corrected chi connectivity index (χ3v) is 5.75. The Bertz CT molecular complexity index is 141. The Morgan fingerprint density at radius 3 is 1.71 bits per heavy atom. The highest BCUT2D eigenvalue weighted by Crippen LogP contribution is 2.22. The molecule has 0 unspecified atom stereocenters. The van der Waals surface area contributed by atoms with Gasteiger partial charge < -0.3 is 8.85 Å². The molecule has 0 aromatic heterocycles. The van der Waals surface area contributed by atoms with Gasteiger partial charge in [-0.15, -0.1) is 0 Å². The summed E-state index contributed by atoms with van der Waals surface area (Å²) in [5, 5.41) is 0. The molecular weight excluding hydrogens is 199 g/mol. The lowest BCUT2D eigenvalue weighted by Gasteiger charge is -2.32. The van der Waals surface area contributed by atoms with Crippen molar-refractivity contribution >= 4 is 8.56 Å². The zero-order valence-electron chi connectivity index (χ0n) is 9.97. The van der Waals surface area contributed by atoms with E-state index in [1.54, 1.807) is 0 Å². The van der Waals surface area contributed by atoms with E-state index in [4.69, 9.17) is 8.85 Å². The van der Waals surface area contributed by atoms with Crippen molar-refractivity contribution in [3.05, 3.63) is 0 Å². The predicted octanol–water partition coefficient (Wildman–Crippen LogP) is 3.27. The van der Waals surface area contributed by atoms with E-state index < -0.39 is 8.56 Å². The SMILES string of the molecule is CC[Si](CCF)(OC(C)C)OC(C)C. The highest BCUT2D eigenvalue weighted by Gasteiger charge is 2.37. The second-order valence-electron chi connectivity index (χ2n) is 4.04. The van der Waals surface area contributed by atoms with Crippen LogP contribution >= 0.6 is 0 Å². The van der Waals surface area contributed by atoms with Gasteiger partial charge in [0.25, 0.3) is 0 Å². The minimum absolute atomic E-state index is 0.118. The van der Waals surface area contributed by atoms with Gasteiger partial charge in [-0.05, 0) is 33.7 Å². The smallest absolute Gasteiger partial charge is 0.340 e. The molecule has 0 bridgehead atoms. The Kier molecular flexibility index (Phi) is 6.56. The Morgan fingerprint density at radius 1 is 1.07 bits per heavy atom. The van der Waals surface area contributed by atoms with E-state index in [9.17, 15) is 4.39 Å². The monoisotopic (exact) mass is 222 g/mol. The third kappa shape index (κ3) is 5.07. The molecule has 0 atom stereocenters. The second-order valence-corrected chi connectivity index (χ2v) is 7.54. The largest absolute Gasteiger partial charge is 0.392 e. The summed E-state index contributed by atoms with van der Waals surface area (Å²) in [6.45, 7) is 9.56. The highest BCUT2D eigenvalue weighted by atomic mass is 28.4. The van der Waals surface area contributed by atoms with Crippen LogP contribution in [-0.4, -0.2) is 27.4 Å². The number of alkyl halides is 1. The molecule has 0 saturated carbocycles. The number of hydrogen-bond acceptors (Lipinski definition) is 2. The first-order valence-corrected chi connectivity index (χ1v) is 7.60. The summed E-state index contributed by atoms with van der Waals surface area (Å²) in [6.07, 6.45) is 0.235. The topological polar surface area (TPSA) is 18.5 Å². The van der Waals surface area contributed by atoms with Gasteiger partial charge in [-0.25, -0.2) is 0 Å². The van der Waals surface area contributed by atoms with Crippen LogP contribution in [0.1, 0.15) is 34.6 Å². The number of halogens is 1. The van der Waals surface area contributed by atoms with Gasteiger partial charge in [-0.1, -0.05) is 6.92 Å². The first kappa shape index (κ1) is 14.1. The molecule has 0 aromatic carbocycles. The molecule has 14 heavy (non-hydrogen) atoms. The molecule has 0 aliphatic heterocycles. The fraction of sp³-hybridized carbons (Fsp3) is 1.00. The molecule has 0 spiro atoms. The Hall–Kier alpha value is 0.0669. The molecule has 4 heteroatoms. The van der Waals surface area contributed by atoms with Gasteiger partial charge in [-0.2, -0.15) is 0 Å². The molecule has 0 fully saturated rings. The quantitative estimate of drug-likeness (QED) is 0.616. The normalized spacial score (nSPS) is 12.9. The average Bonchev–Trinajstić information content (AvgIpc) is 2.02. The van der Waals surface area contributed by atoms with Gasteiger partial charge in [0.15, 0.2) is 0 Å². The summed E-state index contributed by atoms with van der Waals surface area (Å²) in [5.74, 6) is 0. The lowest BCUT2D eigenvalue weighted by molar-refractivity contribution is 0.103. The average molecular weight is 222 g/mol. The van der Waals surface area contributed by atoms with Gasteiger partial charge >= 0.3 is 8.56 Å². The van der Waals surface area contributed by atoms with Crippen molar-refractivity contribution in [1.29, 1.82) is 0 Å². The van der Waals surface area contributed by atoms with Crippen LogP contribution in [0, 0.1) is 0 Å².